The minimum absolute atomic E-state index is 0.599. The van der Waals surface area contributed by atoms with Crippen LogP contribution in [-0.2, 0) is 13.0 Å². The van der Waals surface area contributed by atoms with E-state index in [0.717, 1.165) is 31.7 Å². The van der Waals surface area contributed by atoms with Crippen molar-refractivity contribution in [1.29, 1.82) is 0 Å². The number of rotatable bonds is 5. The Morgan fingerprint density at radius 1 is 1.40 bits per heavy atom. The second-order valence-electron chi connectivity index (χ2n) is 4.96. The molecule has 1 atom stereocenters. The molecule has 1 aliphatic heterocycles. The molecule has 0 bridgehead atoms. The van der Waals surface area contributed by atoms with Crippen molar-refractivity contribution in [2.24, 2.45) is 5.92 Å². The van der Waals surface area contributed by atoms with Crippen LogP contribution < -0.4 is 10.1 Å². The van der Waals surface area contributed by atoms with E-state index in [1.54, 1.807) is 0 Å². The van der Waals surface area contributed by atoms with Crippen LogP contribution in [0, 0.1) is 5.92 Å². The summed E-state index contributed by atoms with van der Waals surface area (Å²) < 4.78 is 7.61. The summed E-state index contributed by atoms with van der Waals surface area (Å²) in [5.74, 6) is 3.23. The van der Waals surface area contributed by atoms with Gasteiger partial charge in [0.05, 0.1) is 6.61 Å². The zero-order valence-electron chi connectivity index (χ0n) is 11.6. The molecule has 0 spiro atoms. The van der Waals surface area contributed by atoms with Crippen LogP contribution in [0.15, 0.2) is 24.8 Å². The van der Waals surface area contributed by atoms with Crippen LogP contribution in [0.4, 0.5) is 5.82 Å². The Morgan fingerprint density at radius 3 is 3.25 bits per heavy atom. The van der Waals surface area contributed by atoms with Gasteiger partial charge in [0.15, 0.2) is 0 Å². The van der Waals surface area contributed by atoms with E-state index in [-0.39, 0.29) is 0 Å². The number of ether oxygens (including phenoxy) is 1. The second kappa shape index (κ2) is 5.90. The van der Waals surface area contributed by atoms with Crippen molar-refractivity contribution in [2.45, 2.75) is 26.3 Å². The third-order valence-corrected chi connectivity index (χ3v) is 3.54. The molecule has 2 aromatic rings. The monoisotopic (exact) mass is 273 g/mol. The van der Waals surface area contributed by atoms with Crippen LogP contribution in [0.1, 0.15) is 19.2 Å². The molecule has 0 radical (unpaired) electrons. The molecular formula is C14H19N5O. The first-order chi connectivity index (χ1) is 9.85. The molecule has 0 fully saturated rings. The molecule has 20 heavy (non-hydrogen) atoms. The summed E-state index contributed by atoms with van der Waals surface area (Å²) in [4.78, 5) is 12.6. The van der Waals surface area contributed by atoms with Gasteiger partial charge in [-0.2, -0.15) is 0 Å². The van der Waals surface area contributed by atoms with E-state index < -0.39 is 0 Å². The SMILES string of the molecule is CCOc1cc(NC[C@@H]2CCc3nccn3C2)ncn1. The Labute approximate surface area is 118 Å². The van der Waals surface area contributed by atoms with E-state index in [0.29, 0.717) is 18.4 Å². The number of aromatic nitrogens is 4. The molecule has 0 aliphatic carbocycles. The molecule has 2 aromatic heterocycles. The van der Waals surface area contributed by atoms with Crippen molar-refractivity contribution in [1.82, 2.24) is 19.5 Å². The number of imidazole rings is 1. The van der Waals surface area contributed by atoms with E-state index in [1.165, 1.54) is 12.2 Å². The molecule has 6 nitrogen and oxygen atoms in total. The number of hydrogen-bond acceptors (Lipinski definition) is 5. The van der Waals surface area contributed by atoms with Gasteiger partial charge in [0.1, 0.15) is 18.0 Å². The average molecular weight is 273 g/mol. The molecule has 1 N–H and O–H groups in total. The van der Waals surface area contributed by atoms with Crippen molar-refractivity contribution in [3.8, 4) is 5.88 Å². The molecule has 106 valence electrons. The van der Waals surface area contributed by atoms with Crippen molar-refractivity contribution in [3.05, 3.63) is 30.6 Å². The first-order valence-electron chi connectivity index (χ1n) is 7.04. The third kappa shape index (κ3) is 2.89. The molecule has 6 heteroatoms. The molecule has 3 rings (SSSR count). The Kier molecular flexibility index (Phi) is 3.80. The highest BCUT2D eigenvalue weighted by Crippen LogP contribution is 2.19. The predicted octanol–water partition coefficient (Wildman–Crippen LogP) is 1.75. The lowest BCUT2D eigenvalue weighted by Crippen LogP contribution is -2.26. The molecule has 3 heterocycles. The summed E-state index contributed by atoms with van der Waals surface area (Å²) in [6.45, 7) is 4.48. The number of nitrogens with zero attached hydrogens (tertiary/aromatic N) is 4. The van der Waals surface area contributed by atoms with Crippen molar-refractivity contribution in [3.63, 3.8) is 0 Å². The van der Waals surface area contributed by atoms with Gasteiger partial charge in [-0.05, 0) is 19.3 Å². The number of aryl methyl sites for hydroxylation is 1. The first-order valence-corrected chi connectivity index (χ1v) is 7.04. The Morgan fingerprint density at radius 2 is 2.35 bits per heavy atom. The maximum Gasteiger partial charge on any atom is 0.218 e. The van der Waals surface area contributed by atoms with Crippen LogP contribution in [0.5, 0.6) is 5.88 Å². The van der Waals surface area contributed by atoms with E-state index in [2.05, 4.69) is 31.0 Å². The number of anilines is 1. The Hall–Kier alpha value is -2.11. The highest BCUT2D eigenvalue weighted by Gasteiger charge is 2.18. The highest BCUT2D eigenvalue weighted by molar-refractivity contribution is 5.37. The van der Waals surface area contributed by atoms with Crippen molar-refractivity contribution < 1.29 is 4.74 Å². The maximum absolute atomic E-state index is 5.37. The van der Waals surface area contributed by atoms with Crippen molar-refractivity contribution in [2.75, 3.05) is 18.5 Å². The van der Waals surface area contributed by atoms with Crippen LogP contribution in [0.2, 0.25) is 0 Å². The zero-order valence-corrected chi connectivity index (χ0v) is 11.6. The van der Waals surface area contributed by atoms with Crippen LogP contribution in [0.25, 0.3) is 0 Å². The molecule has 1 aliphatic rings. The zero-order chi connectivity index (χ0) is 13.8. The Balaban J connectivity index is 1.56. The Bertz CT molecular complexity index is 568. The summed E-state index contributed by atoms with van der Waals surface area (Å²) >= 11 is 0. The van der Waals surface area contributed by atoms with Gasteiger partial charge in [0.2, 0.25) is 5.88 Å². The summed E-state index contributed by atoms with van der Waals surface area (Å²) in [6, 6.07) is 1.84. The van der Waals surface area contributed by atoms with Crippen molar-refractivity contribution >= 4 is 5.82 Å². The number of fused-ring (bicyclic) bond motifs is 1. The first kappa shape index (κ1) is 12.9. The fourth-order valence-corrected chi connectivity index (χ4v) is 2.52. The third-order valence-electron chi connectivity index (χ3n) is 3.54. The van der Waals surface area contributed by atoms with E-state index in [1.807, 2.05) is 19.2 Å². The molecule has 0 amide bonds. The fourth-order valence-electron chi connectivity index (χ4n) is 2.52. The molecule has 0 saturated carbocycles. The maximum atomic E-state index is 5.37. The number of hydrogen-bond donors (Lipinski definition) is 1. The van der Waals surface area contributed by atoms with Crippen LogP contribution in [-0.4, -0.2) is 32.7 Å². The summed E-state index contributed by atoms with van der Waals surface area (Å²) in [5, 5.41) is 3.37. The van der Waals surface area contributed by atoms with Crippen LogP contribution >= 0.6 is 0 Å². The normalized spacial score (nSPS) is 17.6. The van der Waals surface area contributed by atoms with E-state index >= 15 is 0 Å². The predicted molar refractivity (Wildman–Crippen MR) is 75.7 cm³/mol. The summed E-state index contributed by atoms with van der Waals surface area (Å²) in [5.41, 5.74) is 0. The van der Waals surface area contributed by atoms with E-state index in [4.69, 9.17) is 4.74 Å². The lowest BCUT2D eigenvalue weighted by molar-refractivity contribution is 0.326. The van der Waals surface area contributed by atoms with E-state index in [9.17, 15) is 0 Å². The topological polar surface area (TPSA) is 64.9 Å². The van der Waals surface area contributed by atoms with Gasteiger partial charge in [-0.3, -0.25) is 0 Å². The van der Waals surface area contributed by atoms with Gasteiger partial charge in [0, 0.05) is 38.0 Å². The lowest BCUT2D eigenvalue weighted by Gasteiger charge is -2.24. The fraction of sp³-hybridized carbons (Fsp3) is 0.500. The number of nitrogens with one attached hydrogen (secondary N) is 1. The molecular weight excluding hydrogens is 254 g/mol. The van der Waals surface area contributed by atoms with Crippen LogP contribution in [0.3, 0.4) is 0 Å². The standard InChI is InChI=1S/C14H19N5O/c1-2-20-14-7-12(17-10-18-14)16-8-11-3-4-13-15-5-6-19(13)9-11/h5-7,10-11H,2-4,8-9H2,1H3,(H,16,17,18)/t11-/m0/s1. The summed E-state index contributed by atoms with van der Waals surface area (Å²) in [7, 11) is 0. The largest absolute Gasteiger partial charge is 0.478 e. The second-order valence-corrected chi connectivity index (χ2v) is 4.96. The summed E-state index contributed by atoms with van der Waals surface area (Å²) in [6.07, 6.45) is 7.67. The smallest absolute Gasteiger partial charge is 0.218 e. The van der Waals surface area contributed by atoms with Gasteiger partial charge in [-0.15, -0.1) is 0 Å². The molecule has 0 aromatic carbocycles. The minimum atomic E-state index is 0.599. The molecule has 0 unspecified atom stereocenters. The van der Waals surface area contributed by atoms with Gasteiger partial charge >= 0.3 is 0 Å². The van der Waals surface area contributed by atoms with Gasteiger partial charge < -0.3 is 14.6 Å². The van der Waals surface area contributed by atoms with Gasteiger partial charge in [-0.25, -0.2) is 15.0 Å². The lowest BCUT2D eigenvalue weighted by atomic mass is 9.99. The highest BCUT2D eigenvalue weighted by atomic mass is 16.5. The minimum Gasteiger partial charge on any atom is -0.478 e. The molecule has 0 saturated heterocycles. The average Bonchev–Trinajstić information content (AvgIpc) is 2.93. The quantitative estimate of drug-likeness (QED) is 0.899. The van der Waals surface area contributed by atoms with Gasteiger partial charge in [-0.1, -0.05) is 0 Å². The van der Waals surface area contributed by atoms with Gasteiger partial charge in [0.25, 0.3) is 0 Å².